The van der Waals surface area contributed by atoms with Gasteiger partial charge in [0.25, 0.3) is 0 Å². The first-order chi connectivity index (χ1) is 15.9. The third-order valence-electron chi connectivity index (χ3n) is 5.49. The number of carbonyl (C=O) groups excluding carboxylic acids is 2. The molecule has 2 amide bonds. The number of benzene rings is 3. The maximum Gasteiger partial charge on any atom is 0.231 e. The summed E-state index contributed by atoms with van der Waals surface area (Å²) in [7, 11) is 0. The highest BCUT2D eigenvalue weighted by Crippen LogP contribution is 2.33. The molecule has 2 heterocycles. The lowest BCUT2D eigenvalue weighted by atomic mass is 9.96. The molecular weight excluding hydrogens is 418 g/mol. The fourth-order valence-corrected chi connectivity index (χ4v) is 4.00. The van der Waals surface area contributed by atoms with E-state index in [0.717, 1.165) is 53.4 Å². The van der Waals surface area contributed by atoms with E-state index >= 15 is 0 Å². The monoisotopic (exact) mass is 445 g/mol. The van der Waals surface area contributed by atoms with Gasteiger partial charge in [-0.1, -0.05) is 18.2 Å². The molecule has 2 aliphatic rings. The molecule has 0 aromatic heterocycles. The van der Waals surface area contributed by atoms with Crippen molar-refractivity contribution < 1.29 is 19.1 Å². The van der Waals surface area contributed by atoms with E-state index in [1.807, 2.05) is 41.3 Å². The number of rotatable bonds is 2. The van der Waals surface area contributed by atoms with Gasteiger partial charge in [0.05, 0.1) is 0 Å². The van der Waals surface area contributed by atoms with Gasteiger partial charge in [0.15, 0.2) is 11.5 Å². The highest BCUT2D eigenvalue weighted by Gasteiger charge is 2.20. The van der Waals surface area contributed by atoms with Gasteiger partial charge in [-0.25, -0.2) is 0 Å². The number of nitrogens with two attached hydrogens (primary N) is 1. The molecule has 3 aromatic carbocycles. The van der Waals surface area contributed by atoms with Crippen LogP contribution in [0.3, 0.4) is 0 Å². The number of ether oxygens (including phenoxy) is 2. The van der Waals surface area contributed by atoms with Gasteiger partial charge in [0.1, 0.15) is 0 Å². The maximum absolute atomic E-state index is 11.7. The van der Waals surface area contributed by atoms with E-state index in [4.69, 9.17) is 15.2 Å². The second-order valence-electron chi connectivity index (χ2n) is 7.99. The molecule has 3 N–H and O–H groups in total. The normalized spacial score (nSPS) is 13.5. The van der Waals surface area contributed by atoms with Gasteiger partial charge in [-0.2, -0.15) is 0 Å². The number of anilines is 3. The zero-order chi connectivity index (χ0) is 23.4. The Labute approximate surface area is 193 Å². The zero-order valence-corrected chi connectivity index (χ0v) is 18.8. The standard InChI is InChI=1S/C19H20N2O2.C7H7NO2/c1-13(22)20-18-7-3-5-15(12-18)16-8-9-19-17(11-16)6-4-10-21(19)14(2)23;8-5-1-2-6-7(3-5)10-4-9-6/h3,5,7-9,11-12H,4,6,10H2,1-2H3,(H,20,22);1-3H,4,8H2. The Bertz CT molecular complexity index is 1190. The Balaban J connectivity index is 0.000000214. The SMILES string of the molecule is CC(=O)Nc1cccc(-c2ccc3c(c2)CCCN3C(C)=O)c1.Nc1ccc2c(c1)OCO2. The Morgan fingerprint density at radius 2 is 1.73 bits per heavy atom. The van der Waals surface area contributed by atoms with Gasteiger partial charge in [0.2, 0.25) is 18.6 Å². The predicted molar refractivity (Wildman–Crippen MR) is 130 cm³/mol. The summed E-state index contributed by atoms with van der Waals surface area (Å²) in [6, 6.07) is 19.4. The van der Waals surface area contributed by atoms with Crippen LogP contribution in [0.5, 0.6) is 11.5 Å². The van der Waals surface area contributed by atoms with Crippen molar-refractivity contribution in [1.82, 2.24) is 0 Å². The molecule has 0 bridgehead atoms. The molecule has 0 radical (unpaired) electrons. The van der Waals surface area contributed by atoms with Crippen molar-refractivity contribution in [3.8, 4) is 22.6 Å². The lowest BCUT2D eigenvalue weighted by molar-refractivity contribution is -0.116. The number of nitrogens with zero attached hydrogens (tertiary/aromatic N) is 1. The minimum Gasteiger partial charge on any atom is -0.454 e. The molecular formula is C26H27N3O4. The molecule has 0 fully saturated rings. The van der Waals surface area contributed by atoms with Gasteiger partial charge in [-0.15, -0.1) is 0 Å². The zero-order valence-electron chi connectivity index (χ0n) is 18.8. The molecule has 0 saturated carbocycles. The Hall–Kier alpha value is -4.00. The van der Waals surface area contributed by atoms with E-state index in [9.17, 15) is 9.59 Å². The number of nitrogen functional groups attached to an aromatic ring is 1. The number of amides is 2. The lowest BCUT2D eigenvalue weighted by Gasteiger charge is -2.29. The molecule has 0 saturated heterocycles. The van der Waals surface area contributed by atoms with Gasteiger partial charge in [0, 0.05) is 43.5 Å². The molecule has 5 rings (SSSR count). The Morgan fingerprint density at radius 3 is 2.52 bits per heavy atom. The maximum atomic E-state index is 11.7. The quantitative estimate of drug-likeness (QED) is 0.562. The van der Waals surface area contributed by atoms with Crippen LogP contribution in [0.1, 0.15) is 25.8 Å². The van der Waals surface area contributed by atoms with Crippen molar-refractivity contribution in [3.05, 3.63) is 66.2 Å². The largest absolute Gasteiger partial charge is 0.454 e. The summed E-state index contributed by atoms with van der Waals surface area (Å²) in [5.41, 5.74) is 11.4. The molecule has 170 valence electrons. The van der Waals surface area contributed by atoms with E-state index in [2.05, 4.69) is 11.4 Å². The Morgan fingerprint density at radius 1 is 0.939 bits per heavy atom. The van der Waals surface area contributed by atoms with Crippen LogP contribution in [0, 0.1) is 0 Å². The molecule has 33 heavy (non-hydrogen) atoms. The van der Waals surface area contributed by atoms with E-state index in [1.165, 1.54) is 12.5 Å². The van der Waals surface area contributed by atoms with Crippen LogP contribution in [0.25, 0.3) is 11.1 Å². The van der Waals surface area contributed by atoms with Crippen molar-refractivity contribution in [2.75, 3.05) is 29.3 Å². The minimum absolute atomic E-state index is 0.0790. The first kappa shape index (κ1) is 22.2. The van der Waals surface area contributed by atoms with Crippen molar-refractivity contribution >= 4 is 28.9 Å². The summed E-state index contributed by atoms with van der Waals surface area (Å²) < 4.78 is 10.2. The van der Waals surface area contributed by atoms with E-state index in [0.29, 0.717) is 12.5 Å². The van der Waals surface area contributed by atoms with Crippen LogP contribution in [0.2, 0.25) is 0 Å². The van der Waals surface area contributed by atoms with E-state index in [1.54, 1.807) is 25.1 Å². The summed E-state index contributed by atoms with van der Waals surface area (Å²) in [6.07, 6.45) is 1.97. The molecule has 7 nitrogen and oxygen atoms in total. The van der Waals surface area contributed by atoms with Gasteiger partial charge >= 0.3 is 0 Å². The highest BCUT2D eigenvalue weighted by molar-refractivity contribution is 5.93. The van der Waals surface area contributed by atoms with Gasteiger partial charge in [-0.3, -0.25) is 9.59 Å². The summed E-state index contributed by atoms with van der Waals surface area (Å²) in [6.45, 7) is 4.21. The van der Waals surface area contributed by atoms with Crippen molar-refractivity contribution in [2.45, 2.75) is 26.7 Å². The molecule has 0 aliphatic carbocycles. The average Bonchev–Trinajstić information content (AvgIpc) is 3.26. The van der Waals surface area contributed by atoms with Crippen LogP contribution in [-0.2, 0) is 16.0 Å². The lowest BCUT2D eigenvalue weighted by Crippen LogP contribution is -2.33. The molecule has 0 spiro atoms. The number of fused-ring (bicyclic) bond motifs is 2. The smallest absolute Gasteiger partial charge is 0.231 e. The molecule has 3 aromatic rings. The second kappa shape index (κ2) is 9.65. The van der Waals surface area contributed by atoms with Crippen LogP contribution in [0.4, 0.5) is 17.1 Å². The van der Waals surface area contributed by atoms with Crippen molar-refractivity contribution in [2.24, 2.45) is 0 Å². The van der Waals surface area contributed by atoms with Gasteiger partial charge < -0.3 is 25.4 Å². The predicted octanol–water partition coefficient (Wildman–Crippen LogP) is 4.61. The van der Waals surface area contributed by atoms with E-state index < -0.39 is 0 Å². The van der Waals surface area contributed by atoms with Gasteiger partial charge in [-0.05, 0) is 65.9 Å². The number of hydrogen-bond donors (Lipinski definition) is 2. The van der Waals surface area contributed by atoms with Crippen LogP contribution in [-0.4, -0.2) is 25.2 Å². The molecule has 7 heteroatoms. The van der Waals surface area contributed by atoms with Crippen molar-refractivity contribution in [1.29, 1.82) is 0 Å². The number of nitrogens with one attached hydrogen (secondary N) is 1. The fraction of sp³-hybridized carbons (Fsp3) is 0.231. The average molecular weight is 446 g/mol. The summed E-state index contributed by atoms with van der Waals surface area (Å²) in [4.78, 5) is 24.8. The fourth-order valence-electron chi connectivity index (χ4n) is 4.00. The van der Waals surface area contributed by atoms with Crippen LogP contribution >= 0.6 is 0 Å². The van der Waals surface area contributed by atoms with Crippen molar-refractivity contribution in [3.63, 3.8) is 0 Å². The first-order valence-electron chi connectivity index (χ1n) is 10.8. The Kier molecular flexibility index (Phi) is 6.49. The topological polar surface area (TPSA) is 93.9 Å². The third kappa shape index (κ3) is 5.26. The number of hydrogen-bond acceptors (Lipinski definition) is 5. The molecule has 2 aliphatic heterocycles. The number of carbonyl (C=O) groups is 2. The van der Waals surface area contributed by atoms with Crippen LogP contribution < -0.4 is 25.4 Å². The summed E-state index contributed by atoms with van der Waals surface area (Å²) >= 11 is 0. The number of aryl methyl sites for hydroxylation is 1. The summed E-state index contributed by atoms with van der Waals surface area (Å²) in [5.74, 6) is 1.52. The minimum atomic E-state index is -0.0790. The first-order valence-corrected chi connectivity index (χ1v) is 10.8. The third-order valence-corrected chi connectivity index (χ3v) is 5.49. The van der Waals surface area contributed by atoms with Crippen LogP contribution in [0.15, 0.2) is 60.7 Å². The second-order valence-corrected chi connectivity index (χ2v) is 7.99. The highest BCUT2D eigenvalue weighted by atomic mass is 16.7. The summed E-state index contributed by atoms with van der Waals surface area (Å²) in [5, 5.41) is 2.81. The molecule has 0 unspecified atom stereocenters. The molecule has 0 atom stereocenters. The van der Waals surface area contributed by atoms with E-state index in [-0.39, 0.29) is 11.8 Å².